The van der Waals surface area contributed by atoms with Crippen molar-refractivity contribution in [2.45, 2.75) is 42.9 Å². The van der Waals surface area contributed by atoms with Crippen molar-refractivity contribution in [2.75, 3.05) is 13.1 Å². The number of hydrogen-bond donors (Lipinski definition) is 1. The van der Waals surface area contributed by atoms with Crippen LogP contribution >= 0.6 is 11.3 Å². The van der Waals surface area contributed by atoms with E-state index < -0.39 is 10.0 Å². The van der Waals surface area contributed by atoms with E-state index in [1.54, 1.807) is 17.5 Å². The highest BCUT2D eigenvalue weighted by Gasteiger charge is 2.34. The first-order valence-corrected chi connectivity index (χ1v) is 11.7. The van der Waals surface area contributed by atoms with Crippen LogP contribution in [0.15, 0.2) is 52.1 Å². The molecule has 1 aromatic heterocycles. The maximum atomic E-state index is 12.9. The number of nitrogens with one attached hydrogen (secondary N) is 1. The van der Waals surface area contributed by atoms with E-state index in [2.05, 4.69) is 12.2 Å². The van der Waals surface area contributed by atoms with Crippen LogP contribution in [0.5, 0.6) is 0 Å². The van der Waals surface area contributed by atoms with Gasteiger partial charge in [-0.15, -0.1) is 11.3 Å². The molecule has 1 aliphatic heterocycles. The number of carbonyl (C=O) groups excluding carboxylic acids is 1. The third-order valence-electron chi connectivity index (χ3n) is 4.94. The zero-order valence-corrected chi connectivity index (χ0v) is 17.1. The second kappa shape index (κ2) is 8.99. The summed E-state index contributed by atoms with van der Waals surface area (Å²) in [5.41, 5.74) is 1.09. The summed E-state index contributed by atoms with van der Waals surface area (Å²) in [5, 5.41) is 4.91. The summed E-state index contributed by atoms with van der Waals surface area (Å²) in [6.45, 7) is 2.82. The lowest BCUT2D eigenvalue weighted by Gasteiger charge is -2.32. The van der Waals surface area contributed by atoms with Crippen LogP contribution < -0.4 is 5.32 Å². The van der Waals surface area contributed by atoms with Crippen molar-refractivity contribution in [2.24, 2.45) is 5.92 Å². The molecular formula is C20H26N2O3S2. The van der Waals surface area contributed by atoms with Gasteiger partial charge < -0.3 is 5.32 Å². The quantitative estimate of drug-likeness (QED) is 0.760. The molecule has 0 radical (unpaired) electrons. The maximum Gasteiger partial charge on any atom is 0.252 e. The molecular weight excluding hydrogens is 380 g/mol. The Labute approximate surface area is 165 Å². The van der Waals surface area contributed by atoms with E-state index in [0.717, 1.165) is 24.8 Å². The van der Waals surface area contributed by atoms with Gasteiger partial charge in [0.05, 0.1) is 12.0 Å². The fourth-order valence-corrected chi connectivity index (χ4v) is 6.17. The number of sulfonamides is 1. The number of thiophene rings is 1. The molecule has 1 aromatic carbocycles. The van der Waals surface area contributed by atoms with Gasteiger partial charge in [-0.05, 0) is 36.3 Å². The Morgan fingerprint density at radius 2 is 2.04 bits per heavy atom. The zero-order valence-electron chi connectivity index (χ0n) is 15.5. The number of rotatable bonds is 7. The number of carbonyl (C=O) groups is 1. The molecule has 0 bridgehead atoms. The highest BCUT2D eigenvalue weighted by atomic mass is 32.2. The minimum atomic E-state index is -3.50. The zero-order chi connectivity index (χ0) is 19.3. The lowest BCUT2D eigenvalue weighted by atomic mass is 9.96. The van der Waals surface area contributed by atoms with Crippen molar-refractivity contribution in [3.8, 4) is 0 Å². The normalized spacial score (nSPS) is 19.5. The first kappa shape index (κ1) is 20.0. The van der Waals surface area contributed by atoms with Gasteiger partial charge in [0.25, 0.3) is 10.0 Å². The van der Waals surface area contributed by atoms with Crippen molar-refractivity contribution in [3.63, 3.8) is 0 Å². The minimum Gasteiger partial charge on any atom is -0.349 e. The van der Waals surface area contributed by atoms with Gasteiger partial charge in [-0.2, -0.15) is 4.31 Å². The molecule has 0 saturated carbocycles. The molecule has 2 aromatic rings. The first-order chi connectivity index (χ1) is 13.0. The standard InChI is InChI=1S/C20H26N2O3S2/c1-2-8-18(16-9-4-3-5-10-16)21-20(23)17-11-6-13-22(15-17)27(24,25)19-12-7-14-26-19/h3-5,7,9-10,12,14,17-18H,2,6,8,11,13,15H2,1H3,(H,21,23). The Balaban J connectivity index is 1.69. The third kappa shape index (κ3) is 4.78. The lowest BCUT2D eigenvalue weighted by molar-refractivity contribution is -0.126. The molecule has 2 unspecified atom stereocenters. The highest BCUT2D eigenvalue weighted by molar-refractivity contribution is 7.91. The Morgan fingerprint density at radius 1 is 1.26 bits per heavy atom. The fraction of sp³-hybridized carbons (Fsp3) is 0.450. The molecule has 1 saturated heterocycles. The molecule has 1 N–H and O–H groups in total. The Bertz CT molecular complexity index is 835. The smallest absolute Gasteiger partial charge is 0.252 e. The van der Waals surface area contributed by atoms with Crippen LogP contribution in [0.1, 0.15) is 44.2 Å². The number of hydrogen-bond acceptors (Lipinski definition) is 4. The monoisotopic (exact) mass is 406 g/mol. The summed E-state index contributed by atoms with van der Waals surface area (Å²) in [4.78, 5) is 12.9. The summed E-state index contributed by atoms with van der Waals surface area (Å²) in [5.74, 6) is -0.361. The number of piperidine rings is 1. The molecule has 146 valence electrons. The van der Waals surface area contributed by atoms with Gasteiger partial charge in [0.1, 0.15) is 4.21 Å². The molecule has 7 heteroatoms. The maximum absolute atomic E-state index is 12.9. The second-order valence-electron chi connectivity index (χ2n) is 6.89. The van der Waals surface area contributed by atoms with Gasteiger partial charge in [-0.25, -0.2) is 8.42 Å². The molecule has 1 fully saturated rings. The van der Waals surface area contributed by atoms with E-state index in [-0.39, 0.29) is 24.4 Å². The van der Waals surface area contributed by atoms with E-state index in [4.69, 9.17) is 0 Å². The Hall–Kier alpha value is -1.70. The summed E-state index contributed by atoms with van der Waals surface area (Å²) in [7, 11) is -3.50. The molecule has 1 amide bonds. The van der Waals surface area contributed by atoms with Gasteiger partial charge in [0.15, 0.2) is 0 Å². The molecule has 3 rings (SSSR count). The molecule has 5 nitrogen and oxygen atoms in total. The van der Waals surface area contributed by atoms with Crippen LogP contribution in [0.2, 0.25) is 0 Å². The molecule has 2 heterocycles. The van der Waals surface area contributed by atoms with E-state index in [1.165, 1.54) is 15.6 Å². The van der Waals surface area contributed by atoms with Gasteiger partial charge in [-0.3, -0.25) is 4.79 Å². The topological polar surface area (TPSA) is 66.5 Å². The van der Waals surface area contributed by atoms with Crippen molar-refractivity contribution in [1.29, 1.82) is 0 Å². The molecule has 0 spiro atoms. The van der Waals surface area contributed by atoms with Crippen molar-refractivity contribution in [3.05, 3.63) is 53.4 Å². The predicted octanol–water partition coefficient (Wildman–Crippen LogP) is 3.81. The van der Waals surface area contributed by atoms with E-state index in [9.17, 15) is 13.2 Å². The summed E-state index contributed by atoms with van der Waals surface area (Å²) < 4.78 is 27.3. The van der Waals surface area contributed by atoms with Crippen molar-refractivity contribution in [1.82, 2.24) is 9.62 Å². The average Bonchev–Trinajstić information content (AvgIpc) is 3.24. The average molecular weight is 407 g/mol. The Morgan fingerprint density at radius 3 is 2.70 bits per heavy atom. The van der Waals surface area contributed by atoms with Crippen LogP contribution in [0.3, 0.4) is 0 Å². The second-order valence-corrected chi connectivity index (χ2v) is 10.0. The van der Waals surface area contributed by atoms with E-state index >= 15 is 0 Å². The van der Waals surface area contributed by atoms with Gasteiger partial charge in [0, 0.05) is 13.1 Å². The van der Waals surface area contributed by atoms with Crippen molar-refractivity contribution < 1.29 is 13.2 Å². The van der Waals surface area contributed by atoms with Crippen LogP contribution in [0.4, 0.5) is 0 Å². The van der Waals surface area contributed by atoms with Crippen molar-refractivity contribution >= 4 is 27.3 Å². The molecule has 2 atom stereocenters. The van der Waals surface area contributed by atoms with E-state index in [0.29, 0.717) is 17.2 Å². The molecule has 1 aliphatic rings. The van der Waals surface area contributed by atoms with Gasteiger partial charge in [0.2, 0.25) is 5.91 Å². The predicted molar refractivity (Wildman–Crippen MR) is 108 cm³/mol. The first-order valence-electron chi connectivity index (χ1n) is 9.41. The number of amides is 1. The number of nitrogens with zero attached hydrogens (tertiary/aromatic N) is 1. The van der Waals surface area contributed by atoms with Gasteiger partial charge in [-0.1, -0.05) is 49.7 Å². The summed E-state index contributed by atoms with van der Waals surface area (Å²) in [6, 6.07) is 13.3. The summed E-state index contributed by atoms with van der Waals surface area (Å²) in [6.07, 6.45) is 3.24. The van der Waals surface area contributed by atoms with Gasteiger partial charge >= 0.3 is 0 Å². The fourth-order valence-electron chi connectivity index (χ4n) is 3.50. The minimum absolute atomic E-state index is 0.0343. The SMILES string of the molecule is CCCC(NC(=O)C1CCCN(S(=O)(=O)c2cccs2)C1)c1ccccc1. The van der Waals surface area contributed by atoms with Crippen LogP contribution in [0, 0.1) is 5.92 Å². The summed E-state index contributed by atoms with van der Waals surface area (Å²) >= 11 is 1.22. The molecule has 0 aliphatic carbocycles. The largest absolute Gasteiger partial charge is 0.349 e. The van der Waals surface area contributed by atoms with E-state index in [1.807, 2.05) is 30.3 Å². The lowest BCUT2D eigenvalue weighted by Crippen LogP contribution is -2.45. The third-order valence-corrected chi connectivity index (χ3v) is 8.18. The van der Waals surface area contributed by atoms with Crippen LogP contribution in [-0.4, -0.2) is 31.7 Å². The van der Waals surface area contributed by atoms with Crippen LogP contribution in [-0.2, 0) is 14.8 Å². The number of benzene rings is 1. The Kier molecular flexibility index (Phi) is 6.68. The highest BCUT2D eigenvalue weighted by Crippen LogP contribution is 2.27. The van der Waals surface area contributed by atoms with Crippen LogP contribution in [0.25, 0.3) is 0 Å². The molecule has 27 heavy (non-hydrogen) atoms.